The van der Waals surface area contributed by atoms with Crippen LogP contribution in [0.3, 0.4) is 0 Å². The summed E-state index contributed by atoms with van der Waals surface area (Å²) in [5, 5.41) is 0.579. The van der Waals surface area contributed by atoms with Crippen molar-refractivity contribution >= 4 is 23.2 Å². The molecule has 0 aliphatic heterocycles. The van der Waals surface area contributed by atoms with E-state index in [1.54, 1.807) is 13.3 Å². The molecule has 0 amide bonds. The molecular weight excluding hydrogens is 273 g/mol. The first-order valence-corrected chi connectivity index (χ1v) is 7.04. The first kappa shape index (κ1) is 13.9. The number of hydrogen-bond acceptors (Lipinski definition) is 3. The Morgan fingerprint density at radius 1 is 1.39 bits per heavy atom. The van der Waals surface area contributed by atoms with E-state index in [4.69, 9.17) is 32.7 Å². The first-order valence-electron chi connectivity index (χ1n) is 6.12. The van der Waals surface area contributed by atoms with Gasteiger partial charge in [0.1, 0.15) is 6.10 Å². The molecule has 3 nitrogen and oxygen atoms in total. The molecule has 5 heteroatoms. The van der Waals surface area contributed by atoms with Gasteiger partial charge in [0.2, 0.25) is 5.88 Å². The number of pyridine rings is 1. The van der Waals surface area contributed by atoms with Crippen LogP contribution in [0.4, 0.5) is 0 Å². The van der Waals surface area contributed by atoms with E-state index in [-0.39, 0.29) is 6.10 Å². The molecule has 0 bridgehead atoms. The minimum atomic E-state index is 0.167. The summed E-state index contributed by atoms with van der Waals surface area (Å²) < 4.78 is 11.3. The van der Waals surface area contributed by atoms with Crippen molar-refractivity contribution < 1.29 is 9.47 Å². The minimum absolute atomic E-state index is 0.167. The third-order valence-electron chi connectivity index (χ3n) is 3.25. The number of halogens is 2. The van der Waals surface area contributed by atoms with Crippen LogP contribution in [0.5, 0.6) is 5.88 Å². The Labute approximate surface area is 117 Å². The van der Waals surface area contributed by atoms with Gasteiger partial charge >= 0.3 is 0 Å². The standard InChI is InChI=1S/C13H17Cl2NO2/c1-17-10-3-2-4-11(6-10)18-13-5-9(7-14)12(15)8-16-13/h5,8,10-11H,2-4,6-7H2,1H3. The first-order chi connectivity index (χ1) is 8.72. The summed E-state index contributed by atoms with van der Waals surface area (Å²) in [6.45, 7) is 0. The van der Waals surface area contributed by atoms with Crippen LogP contribution in [0.1, 0.15) is 31.2 Å². The van der Waals surface area contributed by atoms with Crippen molar-refractivity contribution in [3.05, 3.63) is 22.8 Å². The number of aromatic nitrogens is 1. The van der Waals surface area contributed by atoms with Crippen molar-refractivity contribution in [1.82, 2.24) is 4.98 Å². The highest BCUT2D eigenvalue weighted by molar-refractivity contribution is 6.32. The fraction of sp³-hybridized carbons (Fsp3) is 0.615. The summed E-state index contributed by atoms with van der Waals surface area (Å²) in [5.41, 5.74) is 0.849. The quantitative estimate of drug-likeness (QED) is 0.790. The fourth-order valence-electron chi connectivity index (χ4n) is 2.22. The van der Waals surface area contributed by atoms with Crippen LogP contribution >= 0.6 is 23.2 Å². The molecule has 0 N–H and O–H groups in total. The number of ether oxygens (including phenoxy) is 2. The Hall–Kier alpha value is -0.510. The summed E-state index contributed by atoms with van der Waals surface area (Å²) in [5.74, 6) is 0.958. The molecule has 0 radical (unpaired) electrons. The maximum absolute atomic E-state index is 5.96. The second-order valence-corrected chi connectivity index (χ2v) is 5.19. The predicted octanol–water partition coefficient (Wildman–Crippen LogP) is 3.81. The molecule has 2 unspecified atom stereocenters. The Balaban J connectivity index is 2.00. The number of rotatable bonds is 4. The van der Waals surface area contributed by atoms with Gasteiger partial charge in [-0.05, 0) is 24.8 Å². The maximum atomic E-state index is 5.96. The normalized spacial score (nSPS) is 23.9. The van der Waals surface area contributed by atoms with Crippen molar-refractivity contribution in [2.45, 2.75) is 43.8 Å². The average Bonchev–Trinajstić information content (AvgIpc) is 2.41. The summed E-state index contributed by atoms with van der Waals surface area (Å²) in [4.78, 5) is 4.18. The molecule has 0 aromatic carbocycles. The van der Waals surface area contributed by atoms with Gasteiger partial charge in [-0.15, -0.1) is 11.6 Å². The van der Waals surface area contributed by atoms with Gasteiger partial charge in [0.15, 0.2) is 0 Å². The second-order valence-electron chi connectivity index (χ2n) is 4.51. The van der Waals surface area contributed by atoms with Crippen molar-refractivity contribution in [2.24, 2.45) is 0 Å². The van der Waals surface area contributed by atoms with E-state index >= 15 is 0 Å². The van der Waals surface area contributed by atoms with Crippen LogP contribution in [0, 0.1) is 0 Å². The van der Waals surface area contributed by atoms with E-state index in [9.17, 15) is 0 Å². The van der Waals surface area contributed by atoms with Crippen LogP contribution in [0.25, 0.3) is 0 Å². The van der Waals surface area contributed by atoms with E-state index in [1.807, 2.05) is 6.07 Å². The zero-order valence-electron chi connectivity index (χ0n) is 10.4. The van der Waals surface area contributed by atoms with Gasteiger partial charge in [-0.3, -0.25) is 0 Å². The van der Waals surface area contributed by atoms with E-state index in [1.165, 1.54) is 0 Å². The van der Waals surface area contributed by atoms with Crippen LogP contribution in [0.2, 0.25) is 5.02 Å². The lowest BCUT2D eigenvalue weighted by Crippen LogP contribution is -2.29. The molecule has 1 aliphatic carbocycles. The Morgan fingerprint density at radius 3 is 2.89 bits per heavy atom. The Bertz CT molecular complexity index is 401. The fourth-order valence-corrected chi connectivity index (χ4v) is 2.68. The largest absolute Gasteiger partial charge is 0.474 e. The van der Waals surface area contributed by atoms with Gasteiger partial charge in [0.25, 0.3) is 0 Å². The van der Waals surface area contributed by atoms with Crippen molar-refractivity contribution in [3.8, 4) is 5.88 Å². The SMILES string of the molecule is COC1CCCC(Oc2cc(CCl)c(Cl)cn2)C1. The Kier molecular flexibility index (Phi) is 5.10. The van der Waals surface area contributed by atoms with E-state index in [0.29, 0.717) is 22.9 Å². The molecule has 100 valence electrons. The van der Waals surface area contributed by atoms with Gasteiger partial charge < -0.3 is 9.47 Å². The molecule has 2 rings (SSSR count). The van der Waals surface area contributed by atoms with Gasteiger partial charge in [-0.2, -0.15) is 0 Å². The van der Waals surface area contributed by atoms with Gasteiger partial charge in [0.05, 0.1) is 11.1 Å². The van der Waals surface area contributed by atoms with E-state index in [0.717, 1.165) is 31.2 Å². The molecular formula is C13H17Cl2NO2. The molecule has 0 spiro atoms. The lowest BCUT2D eigenvalue weighted by molar-refractivity contribution is 0.0195. The second kappa shape index (κ2) is 6.60. The lowest BCUT2D eigenvalue weighted by Gasteiger charge is -2.28. The van der Waals surface area contributed by atoms with Gasteiger partial charge in [-0.25, -0.2) is 4.98 Å². The Morgan fingerprint density at radius 2 is 2.17 bits per heavy atom. The predicted molar refractivity (Wildman–Crippen MR) is 72.5 cm³/mol. The maximum Gasteiger partial charge on any atom is 0.213 e. The van der Waals surface area contributed by atoms with Crippen LogP contribution < -0.4 is 4.74 Å². The van der Waals surface area contributed by atoms with E-state index in [2.05, 4.69) is 4.98 Å². The van der Waals surface area contributed by atoms with Crippen LogP contribution in [0.15, 0.2) is 12.3 Å². The third-order valence-corrected chi connectivity index (χ3v) is 3.88. The molecule has 1 saturated carbocycles. The summed E-state index contributed by atoms with van der Waals surface area (Å²) in [6, 6.07) is 1.81. The highest BCUT2D eigenvalue weighted by atomic mass is 35.5. The average molecular weight is 290 g/mol. The highest BCUT2D eigenvalue weighted by Gasteiger charge is 2.23. The van der Waals surface area contributed by atoms with Crippen molar-refractivity contribution in [1.29, 1.82) is 0 Å². The molecule has 1 fully saturated rings. The van der Waals surface area contributed by atoms with Crippen LogP contribution in [-0.2, 0) is 10.6 Å². The smallest absolute Gasteiger partial charge is 0.213 e. The minimum Gasteiger partial charge on any atom is -0.474 e. The zero-order chi connectivity index (χ0) is 13.0. The molecule has 1 aliphatic rings. The molecule has 18 heavy (non-hydrogen) atoms. The molecule has 1 heterocycles. The number of alkyl halides is 1. The monoisotopic (exact) mass is 289 g/mol. The molecule has 0 saturated heterocycles. The summed E-state index contributed by atoms with van der Waals surface area (Å²) in [7, 11) is 1.75. The number of nitrogens with zero attached hydrogens (tertiary/aromatic N) is 1. The number of methoxy groups -OCH3 is 1. The summed E-state index contributed by atoms with van der Waals surface area (Å²) >= 11 is 11.8. The number of hydrogen-bond donors (Lipinski definition) is 0. The van der Waals surface area contributed by atoms with Crippen molar-refractivity contribution in [2.75, 3.05) is 7.11 Å². The van der Waals surface area contributed by atoms with Crippen LogP contribution in [-0.4, -0.2) is 24.3 Å². The lowest BCUT2D eigenvalue weighted by atomic mass is 9.95. The topological polar surface area (TPSA) is 31.4 Å². The third kappa shape index (κ3) is 3.50. The molecule has 2 atom stereocenters. The molecule has 1 aromatic rings. The highest BCUT2D eigenvalue weighted by Crippen LogP contribution is 2.26. The van der Waals surface area contributed by atoms with Gasteiger partial charge in [-0.1, -0.05) is 11.6 Å². The van der Waals surface area contributed by atoms with Crippen molar-refractivity contribution in [3.63, 3.8) is 0 Å². The zero-order valence-corrected chi connectivity index (χ0v) is 11.9. The summed E-state index contributed by atoms with van der Waals surface area (Å²) in [6.07, 6.45) is 6.24. The molecule has 1 aromatic heterocycles. The van der Waals surface area contributed by atoms with E-state index < -0.39 is 0 Å². The van der Waals surface area contributed by atoms with Gasteiger partial charge in [0, 0.05) is 31.7 Å².